The van der Waals surface area contributed by atoms with E-state index in [4.69, 9.17) is 10.5 Å². The van der Waals surface area contributed by atoms with Crippen molar-refractivity contribution in [3.8, 4) is 0 Å². The van der Waals surface area contributed by atoms with Gasteiger partial charge in [-0.25, -0.2) is 0 Å². The quantitative estimate of drug-likeness (QED) is 0.814. The monoisotopic (exact) mass is 278 g/mol. The van der Waals surface area contributed by atoms with Gasteiger partial charge in [0.05, 0.1) is 5.60 Å². The number of benzene rings is 1. The van der Waals surface area contributed by atoms with E-state index in [0.29, 0.717) is 43.9 Å². The first kappa shape index (κ1) is 14.8. The predicted octanol–water partition coefficient (Wildman–Crippen LogP) is 1.19. The Balaban J connectivity index is 2.08. The van der Waals surface area contributed by atoms with Crippen LogP contribution in [0.2, 0.25) is 0 Å². The third-order valence-corrected chi connectivity index (χ3v) is 3.65. The van der Waals surface area contributed by atoms with Gasteiger partial charge in [0, 0.05) is 50.9 Å². The van der Waals surface area contributed by atoms with E-state index in [1.807, 2.05) is 19.1 Å². The van der Waals surface area contributed by atoms with Crippen molar-refractivity contribution in [2.75, 3.05) is 32.5 Å². The van der Waals surface area contributed by atoms with Gasteiger partial charge in [0.2, 0.25) is 0 Å². The highest BCUT2D eigenvalue weighted by atomic mass is 16.5. The number of carbonyl (C=O) groups excluding carboxylic acids is 1. The molecule has 3 N–H and O–H groups in total. The van der Waals surface area contributed by atoms with Gasteiger partial charge in [-0.1, -0.05) is 0 Å². The topological polar surface area (TPSA) is 75.8 Å². The molecule has 0 spiro atoms. The SMILES string of the molecule is Cc1cc(N)cc(C(=O)N(C)CC2(O)CCOCC2)c1. The number of nitrogens with zero attached hydrogens (tertiary/aromatic N) is 1. The average molecular weight is 278 g/mol. The largest absolute Gasteiger partial charge is 0.399 e. The molecule has 0 aliphatic carbocycles. The molecule has 2 rings (SSSR count). The molecule has 5 nitrogen and oxygen atoms in total. The third kappa shape index (κ3) is 3.49. The smallest absolute Gasteiger partial charge is 0.253 e. The molecule has 1 fully saturated rings. The Kier molecular flexibility index (Phi) is 4.30. The fourth-order valence-electron chi connectivity index (χ4n) is 2.58. The number of rotatable bonds is 3. The van der Waals surface area contributed by atoms with E-state index in [0.717, 1.165) is 5.56 Å². The Bertz CT molecular complexity index is 476. The van der Waals surface area contributed by atoms with E-state index in [1.54, 1.807) is 18.0 Å². The summed E-state index contributed by atoms with van der Waals surface area (Å²) in [6, 6.07) is 5.30. The van der Waals surface area contributed by atoms with Gasteiger partial charge in [-0.15, -0.1) is 0 Å². The number of hydrogen-bond acceptors (Lipinski definition) is 4. The van der Waals surface area contributed by atoms with Crippen molar-refractivity contribution in [2.24, 2.45) is 0 Å². The number of hydrogen-bond donors (Lipinski definition) is 2. The van der Waals surface area contributed by atoms with Gasteiger partial charge in [-0.3, -0.25) is 4.79 Å². The first-order valence-corrected chi connectivity index (χ1v) is 6.82. The van der Waals surface area contributed by atoms with Crippen LogP contribution in [0.4, 0.5) is 5.69 Å². The molecule has 5 heteroatoms. The summed E-state index contributed by atoms with van der Waals surface area (Å²) in [6.45, 7) is 3.29. The molecule has 0 bridgehead atoms. The summed E-state index contributed by atoms with van der Waals surface area (Å²) in [4.78, 5) is 13.9. The van der Waals surface area contributed by atoms with E-state index in [9.17, 15) is 9.90 Å². The first-order valence-electron chi connectivity index (χ1n) is 6.82. The van der Waals surface area contributed by atoms with Crippen LogP contribution in [-0.4, -0.2) is 48.3 Å². The minimum atomic E-state index is -0.849. The number of aryl methyl sites for hydroxylation is 1. The fraction of sp³-hybridized carbons (Fsp3) is 0.533. The first-order chi connectivity index (χ1) is 9.39. The molecular formula is C15H22N2O3. The fourth-order valence-corrected chi connectivity index (χ4v) is 2.58. The summed E-state index contributed by atoms with van der Waals surface area (Å²) < 4.78 is 5.24. The maximum atomic E-state index is 12.4. The number of aliphatic hydroxyl groups is 1. The van der Waals surface area contributed by atoms with Gasteiger partial charge >= 0.3 is 0 Å². The zero-order valence-electron chi connectivity index (χ0n) is 12.1. The Hall–Kier alpha value is -1.59. The summed E-state index contributed by atoms with van der Waals surface area (Å²) in [5.74, 6) is -0.125. The highest BCUT2D eigenvalue weighted by molar-refractivity contribution is 5.95. The van der Waals surface area contributed by atoms with E-state index >= 15 is 0 Å². The summed E-state index contributed by atoms with van der Waals surface area (Å²) in [5.41, 5.74) is 7.00. The van der Waals surface area contributed by atoms with Gasteiger partial charge in [0.1, 0.15) is 0 Å². The zero-order valence-corrected chi connectivity index (χ0v) is 12.1. The molecule has 1 amide bonds. The molecule has 1 heterocycles. The highest BCUT2D eigenvalue weighted by Gasteiger charge is 2.32. The highest BCUT2D eigenvalue weighted by Crippen LogP contribution is 2.22. The van der Waals surface area contributed by atoms with Crippen molar-refractivity contribution in [3.05, 3.63) is 29.3 Å². The molecule has 110 valence electrons. The summed E-state index contributed by atoms with van der Waals surface area (Å²) >= 11 is 0. The lowest BCUT2D eigenvalue weighted by molar-refractivity contribution is -0.0734. The molecule has 20 heavy (non-hydrogen) atoms. The molecule has 0 unspecified atom stereocenters. The Labute approximate surface area is 119 Å². The van der Waals surface area contributed by atoms with E-state index in [-0.39, 0.29) is 5.91 Å². The van der Waals surface area contributed by atoms with Gasteiger partial charge < -0.3 is 20.5 Å². The van der Waals surface area contributed by atoms with Gasteiger partial charge in [-0.05, 0) is 30.7 Å². The van der Waals surface area contributed by atoms with Gasteiger partial charge in [0.15, 0.2) is 0 Å². The van der Waals surface area contributed by atoms with Gasteiger partial charge in [0.25, 0.3) is 5.91 Å². The predicted molar refractivity (Wildman–Crippen MR) is 77.6 cm³/mol. The molecule has 1 aromatic carbocycles. The number of carbonyl (C=O) groups is 1. The van der Waals surface area contributed by atoms with Crippen LogP contribution in [0.3, 0.4) is 0 Å². The minimum absolute atomic E-state index is 0.125. The van der Waals surface area contributed by atoms with Crippen LogP contribution in [0.1, 0.15) is 28.8 Å². The Morgan fingerprint density at radius 1 is 1.40 bits per heavy atom. The second-order valence-electron chi connectivity index (χ2n) is 5.63. The van der Waals surface area contributed by atoms with E-state index in [2.05, 4.69) is 0 Å². The van der Waals surface area contributed by atoms with Crippen molar-refractivity contribution in [2.45, 2.75) is 25.4 Å². The summed E-state index contributed by atoms with van der Waals surface area (Å²) in [5, 5.41) is 10.4. The molecule has 0 aromatic heterocycles. The lowest BCUT2D eigenvalue weighted by Gasteiger charge is -2.35. The normalized spacial score (nSPS) is 17.8. The van der Waals surface area contributed by atoms with Crippen LogP contribution in [0.5, 0.6) is 0 Å². The molecule has 0 atom stereocenters. The van der Waals surface area contributed by atoms with Crippen LogP contribution < -0.4 is 5.73 Å². The molecule has 0 radical (unpaired) electrons. The maximum absolute atomic E-state index is 12.4. The summed E-state index contributed by atoms with van der Waals surface area (Å²) in [6.07, 6.45) is 1.11. The summed E-state index contributed by atoms with van der Waals surface area (Å²) in [7, 11) is 1.70. The third-order valence-electron chi connectivity index (χ3n) is 3.65. The number of ether oxygens (including phenoxy) is 1. The van der Waals surface area contributed by atoms with Crippen LogP contribution in [-0.2, 0) is 4.74 Å². The molecule has 1 saturated heterocycles. The van der Waals surface area contributed by atoms with Crippen LogP contribution in [0.15, 0.2) is 18.2 Å². The average Bonchev–Trinajstić information content (AvgIpc) is 2.37. The molecular weight excluding hydrogens is 256 g/mol. The van der Waals surface area contributed by atoms with Crippen LogP contribution in [0, 0.1) is 6.92 Å². The molecule has 1 aliphatic rings. The van der Waals surface area contributed by atoms with Crippen molar-refractivity contribution in [1.29, 1.82) is 0 Å². The lowest BCUT2D eigenvalue weighted by atomic mass is 9.93. The van der Waals surface area contributed by atoms with Crippen molar-refractivity contribution in [1.82, 2.24) is 4.90 Å². The van der Waals surface area contributed by atoms with E-state index in [1.165, 1.54) is 0 Å². The van der Waals surface area contributed by atoms with Crippen molar-refractivity contribution in [3.63, 3.8) is 0 Å². The second-order valence-corrected chi connectivity index (χ2v) is 5.63. The van der Waals surface area contributed by atoms with Crippen molar-refractivity contribution < 1.29 is 14.6 Å². The molecule has 1 aromatic rings. The Morgan fingerprint density at radius 3 is 2.65 bits per heavy atom. The number of nitrogens with two attached hydrogens (primary N) is 1. The number of nitrogen functional groups attached to an aromatic ring is 1. The van der Waals surface area contributed by atoms with Gasteiger partial charge in [-0.2, -0.15) is 0 Å². The van der Waals surface area contributed by atoms with Crippen LogP contribution >= 0.6 is 0 Å². The molecule has 0 saturated carbocycles. The minimum Gasteiger partial charge on any atom is -0.399 e. The second kappa shape index (κ2) is 5.81. The maximum Gasteiger partial charge on any atom is 0.253 e. The Morgan fingerprint density at radius 2 is 2.05 bits per heavy atom. The number of anilines is 1. The molecule has 1 aliphatic heterocycles. The number of amides is 1. The van der Waals surface area contributed by atoms with Crippen molar-refractivity contribution >= 4 is 11.6 Å². The van der Waals surface area contributed by atoms with Crippen LogP contribution in [0.25, 0.3) is 0 Å². The zero-order chi connectivity index (χ0) is 14.8. The standard InChI is InChI=1S/C15H22N2O3/c1-11-7-12(9-13(16)8-11)14(18)17(2)10-15(19)3-5-20-6-4-15/h7-9,19H,3-6,10,16H2,1-2H3. The number of likely N-dealkylation sites (N-methyl/N-ethyl adjacent to an activating group) is 1. The van der Waals surface area contributed by atoms with E-state index < -0.39 is 5.60 Å². The lowest BCUT2D eigenvalue weighted by Crippen LogP contribution is -2.47.